The topological polar surface area (TPSA) is 408 Å². The van der Waals surface area contributed by atoms with E-state index < -0.39 is 84.8 Å². The number of carbonyl (C=O) groups excluding carboxylic acids is 2. The van der Waals surface area contributed by atoms with Gasteiger partial charge in [-0.15, -0.1) is 0 Å². The van der Waals surface area contributed by atoms with Gasteiger partial charge in [0.2, 0.25) is 0 Å². The van der Waals surface area contributed by atoms with Crippen LogP contribution in [0.3, 0.4) is 0 Å². The summed E-state index contributed by atoms with van der Waals surface area (Å²) in [6.07, 6.45) is -1.72. The third-order valence-electron chi connectivity index (χ3n) is 3.37. The fraction of sp³-hybridized carbons (Fsp3) is 0.556. The van der Waals surface area contributed by atoms with E-state index in [1.165, 1.54) is 0 Å². The molecule has 0 radical (unpaired) electrons. The quantitative estimate of drug-likeness (QED) is 0.0830. The maximum Gasteiger partial charge on any atom is 2.00 e. The van der Waals surface area contributed by atoms with Crippen molar-refractivity contribution in [3.05, 3.63) is 0 Å². The van der Waals surface area contributed by atoms with Crippen molar-refractivity contribution in [2.45, 2.75) is 62.7 Å². The molecular weight excluding hydrogens is 568 g/mol. The van der Waals surface area contributed by atoms with Gasteiger partial charge in [0.15, 0.2) is 0 Å². The minimum Gasteiger partial charge on any atom is -0.548 e. The molecule has 0 rings (SSSR count). The van der Waals surface area contributed by atoms with Crippen LogP contribution in [0.1, 0.15) is 38.5 Å². The maximum absolute atomic E-state index is 9.88. The predicted molar refractivity (Wildman–Crippen MR) is 121 cm³/mol. The first kappa shape index (κ1) is 45.8. The van der Waals surface area contributed by atoms with Crippen LogP contribution in [0, 0.1) is 0 Å². The number of hydrogen-bond acceptors (Lipinski definition) is 14. The van der Waals surface area contributed by atoms with Crippen molar-refractivity contribution in [1.29, 1.82) is 0 Å². The Balaban J connectivity index is -0.000000131. The van der Waals surface area contributed by atoms with Crippen molar-refractivity contribution in [2.24, 2.45) is 22.9 Å². The molecule has 0 aromatic heterocycles. The zero-order chi connectivity index (χ0) is 31.2. The van der Waals surface area contributed by atoms with Gasteiger partial charge < -0.3 is 73.4 Å². The molecule has 0 aliphatic rings. The van der Waals surface area contributed by atoms with Crippen LogP contribution in [-0.4, -0.2) is 140 Å². The van der Waals surface area contributed by atoms with Crippen LogP contribution in [0.4, 0.5) is 0 Å². The van der Waals surface area contributed by atoms with E-state index in [-0.39, 0.29) is 63.4 Å². The summed E-state index contributed by atoms with van der Waals surface area (Å²) in [5.41, 5.74) is 19.6. The van der Waals surface area contributed by atoms with E-state index in [9.17, 15) is 48.6 Å². The predicted octanol–water partition coefficient (Wildman–Crippen LogP) is -6.78. The van der Waals surface area contributed by atoms with E-state index in [0.717, 1.165) is 0 Å². The molecule has 220 valence electrons. The van der Waals surface area contributed by atoms with Gasteiger partial charge in [-0.1, -0.05) is 0 Å². The van der Waals surface area contributed by atoms with Gasteiger partial charge in [0.1, 0.15) is 12.1 Å². The summed E-state index contributed by atoms with van der Waals surface area (Å²) < 4.78 is 0. The summed E-state index contributed by atoms with van der Waals surface area (Å²) in [6, 6.07) is -4.92. The Kier molecular flexibility index (Phi) is 31.1. The second-order valence-corrected chi connectivity index (χ2v) is 6.80. The van der Waals surface area contributed by atoms with Gasteiger partial charge in [-0.3, -0.25) is 28.8 Å². The molecule has 39 heavy (non-hydrogen) atoms. The monoisotopic (exact) mass is 598 g/mol. The Labute approximate surface area is 249 Å². The van der Waals surface area contributed by atoms with Crippen LogP contribution in [0.2, 0.25) is 0 Å². The van der Waals surface area contributed by atoms with Gasteiger partial charge >= 0.3 is 73.6 Å². The number of carboxylic acid groups (broad SMARTS) is 8. The molecule has 4 atom stereocenters. The first-order valence-corrected chi connectivity index (χ1v) is 9.92. The average Bonchev–Trinajstić information content (AvgIpc) is 2.75. The first-order valence-electron chi connectivity index (χ1n) is 9.92. The molecular formula is C18H30CaN4O16. The molecule has 0 heterocycles. The summed E-state index contributed by atoms with van der Waals surface area (Å²) in [6.45, 7) is 0. The van der Waals surface area contributed by atoms with Crippen molar-refractivity contribution in [3.8, 4) is 0 Å². The number of nitrogens with two attached hydrogens (primary N) is 4. The molecule has 0 unspecified atom stereocenters. The number of hydrogen-bond donors (Lipinski definition) is 10. The van der Waals surface area contributed by atoms with E-state index in [0.29, 0.717) is 0 Å². The molecule has 0 saturated carbocycles. The molecule has 21 heteroatoms. The number of aliphatic carboxylic acids is 8. The van der Waals surface area contributed by atoms with Crippen LogP contribution in [0.15, 0.2) is 0 Å². The van der Waals surface area contributed by atoms with Crippen LogP contribution in [0.25, 0.3) is 0 Å². The summed E-state index contributed by atoms with van der Waals surface area (Å²) in [7, 11) is 0. The summed E-state index contributed by atoms with van der Waals surface area (Å²) in [5, 5.41) is 68.0. The molecule has 0 bridgehead atoms. The fourth-order valence-corrected chi connectivity index (χ4v) is 1.34. The van der Waals surface area contributed by atoms with Crippen molar-refractivity contribution >= 4 is 85.5 Å². The van der Waals surface area contributed by atoms with Gasteiger partial charge in [0, 0.05) is 24.9 Å². The minimum absolute atomic E-state index is 0. The standard InChI is InChI=1S/2C5H9NO4.2C4H7NO4.Ca/c2*6-3(5(9)10)1-2-4(7)8;2*5-2(4(8)9)1-3(6)7;/h2*3H,1-2,6H2,(H,7,8)(H,9,10);2*2H,1,5H2,(H,6,7)(H,8,9);/q;;;;+2/p-2/t2*3-;2*2-;/m0000./s1. The summed E-state index contributed by atoms with van der Waals surface area (Å²) >= 11 is 0. The van der Waals surface area contributed by atoms with Crippen molar-refractivity contribution < 1.29 is 79.2 Å². The Hall–Kier alpha value is -3.14. The normalized spacial score (nSPS) is 12.2. The van der Waals surface area contributed by atoms with E-state index in [4.69, 9.17) is 53.6 Å². The molecule has 0 aromatic rings. The smallest absolute Gasteiger partial charge is 0.548 e. The number of carboxylic acids is 8. The molecule has 0 aromatic carbocycles. The first-order chi connectivity index (χ1) is 17.1. The second-order valence-electron chi connectivity index (χ2n) is 6.80. The largest absolute Gasteiger partial charge is 2.00 e. The fourth-order valence-electron chi connectivity index (χ4n) is 1.34. The van der Waals surface area contributed by atoms with E-state index in [2.05, 4.69) is 0 Å². The van der Waals surface area contributed by atoms with Crippen LogP contribution < -0.4 is 33.1 Å². The Morgan fingerprint density at radius 3 is 0.821 bits per heavy atom. The van der Waals surface area contributed by atoms with Gasteiger partial charge in [0.25, 0.3) is 0 Å². The van der Waals surface area contributed by atoms with Crippen LogP contribution in [-0.2, 0) is 38.4 Å². The van der Waals surface area contributed by atoms with Crippen molar-refractivity contribution in [2.75, 3.05) is 0 Å². The van der Waals surface area contributed by atoms with Crippen molar-refractivity contribution in [1.82, 2.24) is 0 Å². The van der Waals surface area contributed by atoms with Crippen LogP contribution in [0.5, 0.6) is 0 Å². The Bertz CT molecular complexity index is 759. The summed E-state index contributed by atoms with van der Waals surface area (Å²) in [5.74, 6) is -9.94. The molecule has 0 amide bonds. The zero-order valence-electron chi connectivity index (χ0n) is 20.3. The molecule has 0 saturated heterocycles. The second kappa shape index (κ2) is 26.5. The number of carbonyl (C=O) groups is 8. The molecule has 0 spiro atoms. The van der Waals surface area contributed by atoms with E-state index >= 15 is 0 Å². The molecule has 20 nitrogen and oxygen atoms in total. The summed E-state index contributed by atoms with van der Waals surface area (Å²) in [4.78, 5) is 78.7. The van der Waals surface area contributed by atoms with Gasteiger partial charge in [-0.2, -0.15) is 0 Å². The zero-order valence-corrected chi connectivity index (χ0v) is 22.5. The van der Waals surface area contributed by atoms with Crippen molar-refractivity contribution in [3.63, 3.8) is 0 Å². The third-order valence-corrected chi connectivity index (χ3v) is 3.37. The molecule has 0 aliphatic heterocycles. The average molecular weight is 599 g/mol. The third kappa shape index (κ3) is 39.5. The van der Waals surface area contributed by atoms with E-state index in [1.807, 2.05) is 0 Å². The molecule has 0 aliphatic carbocycles. The van der Waals surface area contributed by atoms with Gasteiger partial charge in [0.05, 0.1) is 24.8 Å². The SMILES string of the molecule is N[C@@H](CC(=O)O)C(=O)O.N[C@@H](CC(=O)O)C(=O)O.N[C@@H](CCC(=O)O)C(=O)[O-].N[C@@H](CCC(=O)O)C(=O)[O-].[Ca+2]. The molecule has 0 fully saturated rings. The molecule has 14 N–H and O–H groups in total. The Morgan fingerprint density at radius 1 is 0.487 bits per heavy atom. The van der Waals surface area contributed by atoms with E-state index in [1.54, 1.807) is 0 Å². The Morgan fingerprint density at radius 2 is 0.718 bits per heavy atom. The van der Waals surface area contributed by atoms with Gasteiger partial charge in [-0.25, -0.2) is 0 Å². The van der Waals surface area contributed by atoms with Gasteiger partial charge in [-0.05, 0) is 12.8 Å². The van der Waals surface area contributed by atoms with Crippen LogP contribution >= 0.6 is 0 Å². The number of rotatable bonds is 14. The minimum atomic E-state index is -1.42. The maximum atomic E-state index is 9.88.